The molecule has 5 rings (SSSR count). The molecule has 2 aromatic carbocycles. The van der Waals surface area contributed by atoms with Gasteiger partial charge in [0.15, 0.2) is 0 Å². The number of pyridine rings is 2. The van der Waals surface area contributed by atoms with E-state index in [4.69, 9.17) is 16.6 Å². The molecule has 0 atom stereocenters. The topological polar surface area (TPSA) is 25.8 Å². The van der Waals surface area contributed by atoms with Gasteiger partial charge in [-0.2, -0.15) is 0 Å². The molecule has 2 heterocycles. The molecule has 0 radical (unpaired) electrons. The van der Waals surface area contributed by atoms with Gasteiger partial charge >= 0.3 is 0 Å². The predicted molar refractivity (Wildman–Crippen MR) is 94.4 cm³/mol. The number of halogens is 1. The Morgan fingerprint density at radius 2 is 1.43 bits per heavy atom. The van der Waals surface area contributed by atoms with E-state index in [0.717, 1.165) is 27.4 Å². The van der Waals surface area contributed by atoms with Crippen molar-refractivity contribution >= 4 is 22.5 Å². The second kappa shape index (κ2) is 4.64. The van der Waals surface area contributed by atoms with E-state index in [9.17, 15) is 0 Å². The van der Waals surface area contributed by atoms with E-state index < -0.39 is 0 Å². The Balaban J connectivity index is 1.87. The average Bonchev–Trinajstić information content (AvgIpc) is 2.93. The van der Waals surface area contributed by atoms with Crippen molar-refractivity contribution in [1.29, 1.82) is 0 Å². The predicted octanol–water partition coefficient (Wildman–Crippen LogP) is 5.60. The first kappa shape index (κ1) is 12.8. The van der Waals surface area contributed by atoms with Crippen molar-refractivity contribution in [3.05, 3.63) is 72.0 Å². The monoisotopic (exact) mass is 314 g/mol. The molecule has 1 aliphatic rings. The number of rotatable bonds is 1. The van der Waals surface area contributed by atoms with Gasteiger partial charge in [-0.25, -0.2) is 0 Å². The summed E-state index contributed by atoms with van der Waals surface area (Å²) in [5.74, 6) is 0. The summed E-state index contributed by atoms with van der Waals surface area (Å²) in [6.07, 6.45) is 3.83. The van der Waals surface area contributed by atoms with Crippen LogP contribution in [0.5, 0.6) is 0 Å². The van der Waals surface area contributed by atoms with E-state index in [0.29, 0.717) is 0 Å². The number of nitrogens with zero attached hydrogens (tertiary/aromatic N) is 2. The fourth-order valence-corrected chi connectivity index (χ4v) is 3.50. The van der Waals surface area contributed by atoms with Crippen LogP contribution in [0.3, 0.4) is 0 Å². The van der Waals surface area contributed by atoms with Crippen LogP contribution in [-0.4, -0.2) is 9.97 Å². The quantitative estimate of drug-likeness (QED) is 0.402. The van der Waals surface area contributed by atoms with E-state index in [-0.39, 0.29) is 0 Å². The molecule has 0 aliphatic heterocycles. The minimum Gasteiger partial charge on any atom is -0.254 e. The lowest BCUT2D eigenvalue weighted by Gasteiger charge is -2.07. The maximum atomic E-state index is 6.00. The summed E-state index contributed by atoms with van der Waals surface area (Å²) >= 11 is 6.00. The average molecular weight is 315 g/mol. The minimum absolute atomic E-state index is 0.722. The van der Waals surface area contributed by atoms with Gasteiger partial charge in [0.05, 0.1) is 11.2 Å². The maximum Gasteiger partial charge on any atom is 0.0977 e. The normalized spacial score (nSPS) is 11.7. The summed E-state index contributed by atoms with van der Waals surface area (Å²) < 4.78 is 0. The molecule has 0 N–H and O–H groups in total. The summed E-state index contributed by atoms with van der Waals surface area (Å²) in [6, 6.07) is 18.3. The molecule has 0 bridgehead atoms. The summed E-state index contributed by atoms with van der Waals surface area (Å²) in [5.41, 5.74) is 7.75. The van der Waals surface area contributed by atoms with Crippen molar-refractivity contribution < 1.29 is 0 Å². The van der Waals surface area contributed by atoms with Crippen molar-refractivity contribution in [1.82, 2.24) is 9.97 Å². The summed E-state index contributed by atoms with van der Waals surface area (Å²) in [7, 11) is 0. The van der Waals surface area contributed by atoms with Crippen molar-refractivity contribution in [2.45, 2.75) is 0 Å². The molecule has 0 saturated carbocycles. The standard InChI is InChI=1S/C20H11ClN2/c21-13-7-5-12(6-8-13)19-20-18-16(9-10-22-20)14-3-1-2-4-15(14)17(18)11-23-19/h1-11H. The zero-order valence-corrected chi connectivity index (χ0v) is 12.9. The molecule has 0 saturated heterocycles. The fraction of sp³-hybridized carbons (Fsp3) is 0. The van der Waals surface area contributed by atoms with Crippen LogP contribution in [0.15, 0.2) is 67.0 Å². The maximum absolute atomic E-state index is 6.00. The van der Waals surface area contributed by atoms with Gasteiger partial charge in [0.2, 0.25) is 0 Å². The van der Waals surface area contributed by atoms with Crippen molar-refractivity contribution in [2.75, 3.05) is 0 Å². The van der Waals surface area contributed by atoms with Crippen LogP contribution in [0.2, 0.25) is 5.02 Å². The lowest BCUT2D eigenvalue weighted by Crippen LogP contribution is -1.90. The van der Waals surface area contributed by atoms with E-state index in [1.165, 1.54) is 22.1 Å². The van der Waals surface area contributed by atoms with Crippen LogP contribution in [0, 0.1) is 0 Å². The molecular weight excluding hydrogens is 304 g/mol. The van der Waals surface area contributed by atoms with E-state index in [1.807, 2.05) is 36.7 Å². The van der Waals surface area contributed by atoms with Gasteiger partial charge in [-0.15, -0.1) is 0 Å². The molecule has 0 unspecified atom stereocenters. The van der Waals surface area contributed by atoms with Gasteiger partial charge in [-0.1, -0.05) is 48.0 Å². The highest BCUT2D eigenvalue weighted by Gasteiger charge is 2.23. The third-order valence-corrected chi connectivity index (χ3v) is 4.64. The lowest BCUT2D eigenvalue weighted by atomic mass is 10.0. The Bertz CT molecular complexity index is 1040. The molecule has 3 heteroatoms. The largest absolute Gasteiger partial charge is 0.254 e. The molecule has 1 aliphatic carbocycles. The second-order valence-corrected chi connectivity index (χ2v) is 6.09. The van der Waals surface area contributed by atoms with Crippen LogP contribution < -0.4 is 0 Å². The fourth-order valence-electron chi connectivity index (χ4n) is 3.37. The Kier molecular flexibility index (Phi) is 2.58. The summed E-state index contributed by atoms with van der Waals surface area (Å²) in [4.78, 5) is 9.33. The third-order valence-electron chi connectivity index (χ3n) is 4.39. The van der Waals surface area contributed by atoms with E-state index in [1.54, 1.807) is 0 Å². The highest BCUT2D eigenvalue weighted by molar-refractivity contribution is 6.30. The Hall–Kier alpha value is -2.71. The molecule has 23 heavy (non-hydrogen) atoms. The van der Waals surface area contributed by atoms with Gasteiger partial charge in [-0.05, 0) is 34.9 Å². The Morgan fingerprint density at radius 1 is 0.696 bits per heavy atom. The van der Waals surface area contributed by atoms with Crippen LogP contribution in [0.25, 0.3) is 44.4 Å². The zero-order valence-electron chi connectivity index (χ0n) is 12.1. The highest BCUT2D eigenvalue weighted by atomic mass is 35.5. The SMILES string of the molecule is Clc1ccc(-c2ncc3c4c(ccnc24)-c2ccccc2-3)cc1. The molecule has 2 aromatic heterocycles. The van der Waals surface area contributed by atoms with Gasteiger partial charge < -0.3 is 0 Å². The molecule has 0 spiro atoms. The zero-order chi connectivity index (χ0) is 15.4. The van der Waals surface area contributed by atoms with Crippen molar-refractivity contribution in [2.24, 2.45) is 0 Å². The van der Waals surface area contributed by atoms with Crippen molar-refractivity contribution in [3.63, 3.8) is 0 Å². The van der Waals surface area contributed by atoms with Gasteiger partial charge in [-0.3, -0.25) is 9.97 Å². The molecule has 108 valence electrons. The number of hydrogen-bond donors (Lipinski definition) is 0. The number of hydrogen-bond acceptors (Lipinski definition) is 2. The molecule has 0 fully saturated rings. The Labute approximate surface area is 138 Å². The third kappa shape index (κ3) is 1.76. The molecule has 2 nitrogen and oxygen atoms in total. The van der Waals surface area contributed by atoms with Crippen LogP contribution in [-0.2, 0) is 0 Å². The number of fused-ring (bicyclic) bond motifs is 3. The van der Waals surface area contributed by atoms with Gasteiger partial charge in [0, 0.05) is 33.9 Å². The lowest BCUT2D eigenvalue weighted by molar-refractivity contribution is 1.32. The van der Waals surface area contributed by atoms with Gasteiger partial charge in [0.1, 0.15) is 0 Å². The minimum atomic E-state index is 0.722. The number of aromatic nitrogens is 2. The Morgan fingerprint density at radius 3 is 2.22 bits per heavy atom. The first-order valence-corrected chi connectivity index (χ1v) is 7.84. The van der Waals surface area contributed by atoms with Crippen molar-refractivity contribution in [3.8, 4) is 33.5 Å². The van der Waals surface area contributed by atoms with E-state index >= 15 is 0 Å². The number of benzene rings is 2. The summed E-state index contributed by atoms with van der Waals surface area (Å²) in [5, 5.41) is 1.91. The molecule has 0 amide bonds. The van der Waals surface area contributed by atoms with Crippen LogP contribution in [0.1, 0.15) is 0 Å². The first-order valence-electron chi connectivity index (χ1n) is 7.46. The van der Waals surface area contributed by atoms with Gasteiger partial charge in [0.25, 0.3) is 0 Å². The first-order chi connectivity index (χ1) is 11.3. The summed E-state index contributed by atoms with van der Waals surface area (Å²) in [6.45, 7) is 0. The smallest absolute Gasteiger partial charge is 0.0977 e. The van der Waals surface area contributed by atoms with Crippen LogP contribution >= 0.6 is 11.6 Å². The highest BCUT2D eigenvalue weighted by Crippen LogP contribution is 2.47. The van der Waals surface area contributed by atoms with E-state index in [2.05, 4.69) is 35.3 Å². The van der Waals surface area contributed by atoms with Crippen LogP contribution in [0.4, 0.5) is 0 Å². The molecular formula is C20H11ClN2. The molecule has 4 aromatic rings. The second-order valence-electron chi connectivity index (χ2n) is 5.66.